The standard InChI is InChI=1S/C8H8ClFOS/c1-12-6-3-2-5(4-11)7(9)8(6)10/h2-3,11H,4H2,1H3. The Morgan fingerprint density at radius 3 is 2.75 bits per heavy atom. The van der Waals surface area contributed by atoms with Crippen LogP contribution in [0, 0.1) is 5.82 Å². The molecule has 4 heteroatoms. The topological polar surface area (TPSA) is 20.2 Å². The second-order valence-corrected chi connectivity index (χ2v) is 3.44. The van der Waals surface area contributed by atoms with Gasteiger partial charge in [0.05, 0.1) is 11.6 Å². The zero-order chi connectivity index (χ0) is 9.14. The predicted octanol–water partition coefficient (Wildman–Crippen LogP) is 2.69. The number of rotatable bonds is 2. The van der Waals surface area contributed by atoms with Crippen molar-refractivity contribution in [3.63, 3.8) is 0 Å². The number of thioether (sulfide) groups is 1. The number of halogens is 2. The van der Waals surface area contributed by atoms with Gasteiger partial charge in [0.2, 0.25) is 0 Å². The summed E-state index contributed by atoms with van der Waals surface area (Å²) >= 11 is 6.92. The van der Waals surface area contributed by atoms with E-state index in [4.69, 9.17) is 16.7 Å². The molecule has 0 amide bonds. The minimum absolute atomic E-state index is 0.0179. The molecule has 1 nitrogen and oxygen atoms in total. The van der Waals surface area contributed by atoms with E-state index in [2.05, 4.69) is 0 Å². The van der Waals surface area contributed by atoms with E-state index in [1.165, 1.54) is 11.8 Å². The highest BCUT2D eigenvalue weighted by molar-refractivity contribution is 7.98. The molecule has 1 rings (SSSR count). The second kappa shape index (κ2) is 4.12. The van der Waals surface area contributed by atoms with E-state index in [1.54, 1.807) is 18.4 Å². The fourth-order valence-electron chi connectivity index (χ4n) is 0.851. The molecule has 1 aromatic carbocycles. The van der Waals surface area contributed by atoms with E-state index in [-0.39, 0.29) is 11.6 Å². The van der Waals surface area contributed by atoms with Gasteiger partial charge in [-0.2, -0.15) is 0 Å². The van der Waals surface area contributed by atoms with Gasteiger partial charge in [0.15, 0.2) is 5.82 Å². The summed E-state index contributed by atoms with van der Waals surface area (Å²) in [5.74, 6) is -0.448. The van der Waals surface area contributed by atoms with Crippen molar-refractivity contribution in [3.8, 4) is 0 Å². The third kappa shape index (κ3) is 1.73. The molecule has 0 saturated heterocycles. The van der Waals surface area contributed by atoms with E-state index < -0.39 is 5.82 Å². The Morgan fingerprint density at radius 2 is 2.25 bits per heavy atom. The van der Waals surface area contributed by atoms with E-state index in [0.717, 1.165) is 0 Å². The van der Waals surface area contributed by atoms with Gasteiger partial charge < -0.3 is 5.11 Å². The van der Waals surface area contributed by atoms with Crippen molar-refractivity contribution in [3.05, 3.63) is 28.5 Å². The summed E-state index contributed by atoms with van der Waals surface area (Å²) in [5, 5.41) is 8.77. The van der Waals surface area contributed by atoms with Gasteiger partial charge in [-0.3, -0.25) is 0 Å². The molecule has 0 unspecified atom stereocenters. The smallest absolute Gasteiger partial charge is 0.155 e. The lowest BCUT2D eigenvalue weighted by atomic mass is 10.2. The summed E-state index contributed by atoms with van der Waals surface area (Å²) in [4.78, 5) is 0.497. The zero-order valence-corrected chi connectivity index (χ0v) is 8.05. The van der Waals surface area contributed by atoms with E-state index in [1.807, 2.05) is 0 Å². The molecule has 66 valence electrons. The minimum Gasteiger partial charge on any atom is -0.392 e. The first-order valence-corrected chi connectivity index (χ1v) is 4.92. The van der Waals surface area contributed by atoms with Gasteiger partial charge in [0, 0.05) is 4.90 Å². The molecule has 1 aromatic rings. The minimum atomic E-state index is -0.448. The molecule has 0 aliphatic rings. The predicted molar refractivity (Wildman–Crippen MR) is 49.1 cm³/mol. The second-order valence-electron chi connectivity index (χ2n) is 2.21. The maximum atomic E-state index is 13.2. The maximum Gasteiger partial charge on any atom is 0.155 e. The molecule has 0 aliphatic heterocycles. The summed E-state index contributed by atoms with van der Waals surface area (Å²) in [6, 6.07) is 3.23. The molecule has 0 bridgehead atoms. The highest BCUT2D eigenvalue weighted by Gasteiger charge is 2.09. The molecule has 0 spiro atoms. The Balaban J connectivity index is 3.20. The van der Waals surface area contributed by atoms with Crippen molar-refractivity contribution in [1.82, 2.24) is 0 Å². The molecule has 0 heterocycles. The van der Waals surface area contributed by atoms with Crippen LogP contribution < -0.4 is 0 Å². The highest BCUT2D eigenvalue weighted by Crippen LogP contribution is 2.28. The van der Waals surface area contributed by atoms with Crippen LogP contribution >= 0.6 is 23.4 Å². The van der Waals surface area contributed by atoms with Crippen molar-refractivity contribution in [1.29, 1.82) is 0 Å². The van der Waals surface area contributed by atoms with Gasteiger partial charge in [-0.05, 0) is 17.9 Å². The summed E-state index contributed by atoms with van der Waals surface area (Å²) in [6.45, 7) is -0.232. The fraction of sp³-hybridized carbons (Fsp3) is 0.250. The van der Waals surface area contributed by atoms with Gasteiger partial charge in [-0.15, -0.1) is 11.8 Å². The monoisotopic (exact) mass is 206 g/mol. The largest absolute Gasteiger partial charge is 0.392 e. The van der Waals surface area contributed by atoms with Gasteiger partial charge in [-0.25, -0.2) is 4.39 Å². The highest BCUT2D eigenvalue weighted by atomic mass is 35.5. The Kier molecular flexibility index (Phi) is 3.38. The first-order valence-electron chi connectivity index (χ1n) is 3.32. The van der Waals surface area contributed by atoms with Crippen molar-refractivity contribution >= 4 is 23.4 Å². The van der Waals surface area contributed by atoms with Crippen LogP contribution in [0.4, 0.5) is 4.39 Å². The molecule has 0 saturated carbocycles. The summed E-state index contributed by atoms with van der Waals surface area (Å²) in [7, 11) is 0. The van der Waals surface area contributed by atoms with Crippen LogP contribution in [0.25, 0.3) is 0 Å². The average molecular weight is 207 g/mol. The molecule has 0 aliphatic carbocycles. The Morgan fingerprint density at radius 1 is 1.58 bits per heavy atom. The lowest BCUT2D eigenvalue weighted by molar-refractivity contribution is 0.281. The number of hydrogen-bond donors (Lipinski definition) is 1. The molecule has 0 atom stereocenters. The maximum absolute atomic E-state index is 13.2. The van der Waals surface area contributed by atoms with E-state index in [9.17, 15) is 4.39 Å². The number of hydrogen-bond acceptors (Lipinski definition) is 2. The van der Waals surface area contributed by atoms with Crippen LogP contribution in [-0.4, -0.2) is 11.4 Å². The third-order valence-electron chi connectivity index (χ3n) is 1.52. The molecule has 0 aromatic heterocycles. The first kappa shape index (κ1) is 9.84. The van der Waals surface area contributed by atoms with Crippen molar-refractivity contribution in [2.45, 2.75) is 11.5 Å². The fourth-order valence-corrected chi connectivity index (χ4v) is 1.62. The van der Waals surface area contributed by atoms with Crippen molar-refractivity contribution in [2.75, 3.05) is 6.26 Å². The van der Waals surface area contributed by atoms with Crippen LogP contribution in [0.5, 0.6) is 0 Å². The van der Waals surface area contributed by atoms with Gasteiger partial charge in [0.25, 0.3) is 0 Å². The summed E-state index contributed by atoms with van der Waals surface area (Å²) in [6.07, 6.45) is 1.77. The van der Waals surface area contributed by atoms with Crippen molar-refractivity contribution < 1.29 is 9.50 Å². The lowest BCUT2D eigenvalue weighted by Crippen LogP contribution is -1.90. The molecule has 12 heavy (non-hydrogen) atoms. The van der Waals surface area contributed by atoms with E-state index >= 15 is 0 Å². The SMILES string of the molecule is CSc1ccc(CO)c(Cl)c1F. The third-order valence-corrected chi connectivity index (χ3v) is 2.68. The van der Waals surface area contributed by atoms with Crippen molar-refractivity contribution in [2.24, 2.45) is 0 Å². The number of aliphatic hydroxyl groups is 1. The van der Waals surface area contributed by atoms with Crippen LogP contribution in [0.3, 0.4) is 0 Å². The van der Waals surface area contributed by atoms with Gasteiger partial charge in [0.1, 0.15) is 0 Å². The van der Waals surface area contributed by atoms with Crippen LogP contribution in [-0.2, 0) is 6.61 Å². The number of aliphatic hydroxyl groups excluding tert-OH is 1. The summed E-state index contributed by atoms with van der Waals surface area (Å²) in [5.41, 5.74) is 0.423. The zero-order valence-electron chi connectivity index (χ0n) is 6.47. The van der Waals surface area contributed by atoms with Crippen LogP contribution in [0.15, 0.2) is 17.0 Å². The molecule has 1 N–H and O–H groups in total. The Hall–Kier alpha value is -0.250. The first-order chi connectivity index (χ1) is 5.70. The Bertz CT molecular complexity index is 262. The quantitative estimate of drug-likeness (QED) is 0.751. The normalized spacial score (nSPS) is 10.3. The van der Waals surface area contributed by atoms with Crippen LogP contribution in [0.2, 0.25) is 5.02 Å². The molecule has 0 radical (unpaired) electrons. The van der Waals surface area contributed by atoms with Gasteiger partial charge >= 0.3 is 0 Å². The lowest BCUT2D eigenvalue weighted by Gasteiger charge is -2.04. The molecular formula is C8H8ClFOS. The molecule has 0 fully saturated rings. The van der Waals surface area contributed by atoms with E-state index in [0.29, 0.717) is 10.5 Å². The average Bonchev–Trinajstić information content (AvgIpc) is 2.10. The Labute approximate surface area is 79.5 Å². The summed E-state index contributed by atoms with van der Waals surface area (Å²) < 4.78 is 13.2. The number of benzene rings is 1. The van der Waals surface area contributed by atoms with Crippen LogP contribution in [0.1, 0.15) is 5.56 Å². The van der Waals surface area contributed by atoms with Gasteiger partial charge in [-0.1, -0.05) is 17.7 Å². The molecular weight excluding hydrogens is 199 g/mol.